The average Bonchev–Trinajstić information content (AvgIpc) is 3.12. The number of carbonyl (C=O) groups is 1. The largest absolute Gasteiger partial charge is 0.399 e. The summed E-state index contributed by atoms with van der Waals surface area (Å²) in [5.41, 5.74) is 6.87. The molecular weight excluding hydrogens is 294 g/mol. The first kappa shape index (κ1) is 12.9. The van der Waals surface area contributed by atoms with Crippen LogP contribution in [0, 0.1) is 11.3 Å². The number of halogens is 1. The van der Waals surface area contributed by atoms with Crippen molar-refractivity contribution in [2.45, 2.75) is 25.3 Å². The highest BCUT2D eigenvalue weighted by atomic mass is 79.9. The van der Waals surface area contributed by atoms with E-state index in [9.17, 15) is 4.79 Å². The standard InChI is InChI=1S/C13H14BrN3O/c14-10-6-9(7-11(16)8-10)13(18)17(5-1-4-15)12-2-3-12/h6-8,12H,1-3,5,16H2. The van der Waals surface area contributed by atoms with Crippen LogP contribution >= 0.6 is 15.9 Å². The van der Waals surface area contributed by atoms with Crippen LogP contribution < -0.4 is 5.73 Å². The molecule has 1 aromatic carbocycles. The molecule has 94 valence electrons. The van der Waals surface area contributed by atoms with Crippen LogP contribution in [-0.2, 0) is 0 Å². The zero-order valence-corrected chi connectivity index (χ0v) is 11.5. The second kappa shape index (κ2) is 5.40. The monoisotopic (exact) mass is 307 g/mol. The maximum atomic E-state index is 12.4. The number of nitrogen functional groups attached to an aromatic ring is 1. The Hall–Kier alpha value is -1.54. The molecule has 1 aliphatic rings. The molecule has 0 radical (unpaired) electrons. The molecule has 18 heavy (non-hydrogen) atoms. The Morgan fingerprint density at radius 1 is 1.50 bits per heavy atom. The van der Waals surface area contributed by atoms with Crippen LogP contribution in [0.1, 0.15) is 29.6 Å². The van der Waals surface area contributed by atoms with Crippen LogP contribution in [-0.4, -0.2) is 23.4 Å². The Bertz CT molecular complexity index is 485. The summed E-state index contributed by atoms with van der Waals surface area (Å²) in [5, 5.41) is 8.64. The molecule has 5 heteroatoms. The predicted octanol–water partition coefficient (Wildman–Crippen LogP) is 2.55. The normalized spacial score (nSPS) is 14.0. The third-order valence-electron chi connectivity index (χ3n) is 2.88. The van der Waals surface area contributed by atoms with E-state index in [1.165, 1.54) is 0 Å². The molecule has 1 fully saturated rings. The van der Waals surface area contributed by atoms with Gasteiger partial charge in [0.2, 0.25) is 0 Å². The lowest BCUT2D eigenvalue weighted by molar-refractivity contribution is 0.0747. The zero-order valence-electron chi connectivity index (χ0n) is 9.90. The number of amides is 1. The minimum atomic E-state index is -0.0410. The van der Waals surface area contributed by atoms with E-state index in [2.05, 4.69) is 22.0 Å². The summed E-state index contributed by atoms with van der Waals surface area (Å²) in [6.07, 6.45) is 2.42. The number of nitrogens with zero attached hydrogens (tertiary/aromatic N) is 2. The van der Waals surface area contributed by atoms with Gasteiger partial charge in [0.1, 0.15) is 0 Å². The summed E-state index contributed by atoms with van der Waals surface area (Å²) in [6.45, 7) is 0.492. The van der Waals surface area contributed by atoms with Crippen molar-refractivity contribution in [2.75, 3.05) is 12.3 Å². The van der Waals surface area contributed by atoms with Gasteiger partial charge < -0.3 is 10.6 Å². The molecule has 2 N–H and O–H groups in total. The number of nitrogens with two attached hydrogens (primary N) is 1. The van der Waals surface area contributed by atoms with E-state index in [0.717, 1.165) is 17.3 Å². The van der Waals surface area contributed by atoms with Gasteiger partial charge in [-0.3, -0.25) is 4.79 Å². The number of nitriles is 1. The first-order chi connectivity index (χ1) is 8.61. The molecule has 1 amide bonds. The van der Waals surface area contributed by atoms with E-state index >= 15 is 0 Å². The predicted molar refractivity (Wildman–Crippen MR) is 72.8 cm³/mol. The van der Waals surface area contributed by atoms with E-state index in [4.69, 9.17) is 11.0 Å². The molecule has 0 unspecified atom stereocenters. The van der Waals surface area contributed by atoms with E-state index in [1.807, 2.05) is 0 Å². The van der Waals surface area contributed by atoms with Crippen molar-refractivity contribution in [3.05, 3.63) is 28.2 Å². The highest BCUT2D eigenvalue weighted by Crippen LogP contribution is 2.29. The molecule has 0 saturated heterocycles. The summed E-state index contributed by atoms with van der Waals surface area (Å²) in [4.78, 5) is 14.2. The lowest BCUT2D eigenvalue weighted by Crippen LogP contribution is -2.34. The summed E-state index contributed by atoms with van der Waals surface area (Å²) in [5.74, 6) is -0.0410. The van der Waals surface area contributed by atoms with Gasteiger partial charge in [-0.2, -0.15) is 5.26 Å². The van der Waals surface area contributed by atoms with Crippen LogP contribution in [0.5, 0.6) is 0 Å². The molecule has 0 spiro atoms. The minimum Gasteiger partial charge on any atom is -0.399 e. The molecule has 0 heterocycles. The van der Waals surface area contributed by atoms with Gasteiger partial charge in [0.05, 0.1) is 12.5 Å². The first-order valence-electron chi connectivity index (χ1n) is 5.86. The summed E-state index contributed by atoms with van der Waals surface area (Å²) in [7, 11) is 0. The number of rotatable bonds is 4. The molecule has 0 atom stereocenters. The van der Waals surface area contributed by atoms with Crippen molar-refractivity contribution < 1.29 is 4.79 Å². The lowest BCUT2D eigenvalue weighted by atomic mass is 10.1. The SMILES string of the molecule is N#CCCN(C(=O)c1cc(N)cc(Br)c1)C1CC1. The number of anilines is 1. The topological polar surface area (TPSA) is 70.1 Å². The maximum Gasteiger partial charge on any atom is 0.254 e. The van der Waals surface area contributed by atoms with Gasteiger partial charge in [0.15, 0.2) is 0 Å². The van der Waals surface area contributed by atoms with Gasteiger partial charge in [0.25, 0.3) is 5.91 Å². The van der Waals surface area contributed by atoms with Gasteiger partial charge in [-0.25, -0.2) is 0 Å². The van der Waals surface area contributed by atoms with Crippen LogP contribution in [0.4, 0.5) is 5.69 Å². The van der Waals surface area contributed by atoms with Crippen LogP contribution in [0.15, 0.2) is 22.7 Å². The Morgan fingerprint density at radius 2 is 2.22 bits per heavy atom. The number of hydrogen-bond donors (Lipinski definition) is 1. The molecule has 4 nitrogen and oxygen atoms in total. The second-order valence-corrected chi connectivity index (χ2v) is 5.33. The molecule has 1 aromatic rings. The molecule has 0 bridgehead atoms. The van der Waals surface area contributed by atoms with Crippen LogP contribution in [0.2, 0.25) is 0 Å². The van der Waals surface area contributed by atoms with Gasteiger partial charge in [-0.05, 0) is 31.0 Å². The third kappa shape index (κ3) is 3.02. The van der Waals surface area contributed by atoms with E-state index < -0.39 is 0 Å². The van der Waals surface area contributed by atoms with Crippen LogP contribution in [0.25, 0.3) is 0 Å². The number of carbonyl (C=O) groups excluding carboxylic acids is 1. The van der Waals surface area contributed by atoms with E-state index in [0.29, 0.717) is 30.3 Å². The first-order valence-corrected chi connectivity index (χ1v) is 6.65. The van der Waals surface area contributed by atoms with Gasteiger partial charge in [0, 0.05) is 28.3 Å². The summed E-state index contributed by atoms with van der Waals surface area (Å²) < 4.78 is 0.793. The quantitative estimate of drug-likeness (QED) is 0.869. The molecule has 2 rings (SSSR count). The van der Waals surface area contributed by atoms with Crippen molar-refractivity contribution in [3.8, 4) is 6.07 Å². The summed E-state index contributed by atoms with van der Waals surface area (Å²) in [6, 6.07) is 7.58. The Kier molecular flexibility index (Phi) is 3.87. The van der Waals surface area contributed by atoms with E-state index in [1.54, 1.807) is 23.1 Å². The van der Waals surface area contributed by atoms with Crippen molar-refractivity contribution in [2.24, 2.45) is 0 Å². The number of hydrogen-bond acceptors (Lipinski definition) is 3. The molecule has 1 saturated carbocycles. The van der Waals surface area contributed by atoms with E-state index in [-0.39, 0.29) is 5.91 Å². The minimum absolute atomic E-state index is 0.0410. The average molecular weight is 308 g/mol. The fourth-order valence-corrected chi connectivity index (χ4v) is 2.42. The maximum absolute atomic E-state index is 12.4. The Labute approximate surface area is 115 Å². The fraction of sp³-hybridized carbons (Fsp3) is 0.385. The highest BCUT2D eigenvalue weighted by Gasteiger charge is 2.32. The molecular formula is C13H14BrN3O. The van der Waals surface area contributed by atoms with Gasteiger partial charge >= 0.3 is 0 Å². The van der Waals surface area contributed by atoms with Crippen molar-refractivity contribution >= 4 is 27.5 Å². The van der Waals surface area contributed by atoms with Crippen molar-refractivity contribution in [3.63, 3.8) is 0 Å². The second-order valence-electron chi connectivity index (χ2n) is 4.41. The molecule has 1 aliphatic carbocycles. The lowest BCUT2D eigenvalue weighted by Gasteiger charge is -2.21. The van der Waals surface area contributed by atoms with Gasteiger partial charge in [-0.15, -0.1) is 0 Å². The zero-order chi connectivity index (χ0) is 13.1. The number of benzene rings is 1. The Morgan fingerprint density at radius 3 is 2.78 bits per heavy atom. The Balaban J connectivity index is 2.19. The van der Waals surface area contributed by atoms with Crippen LogP contribution in [0.3, 0.4) is 0 Å². The highest BCUT2D eigenvalue weighted by molar-refractivity contribution is 9.10. The van der Waals surface area contributed by atoms with Crippen molar-refractivity contribution in [1.29, 1.82) is 5.26 Å². The smallest absolute Gasteiger partial charge is 0.254 e. The molecule has 0 aromatic heterocycles. The molecule has 0 aliphatic heterocycles. The third-order valence-corrected chi connectivity index (χ3v) is 3.34. The summed E-state index contributed by atoms with van der Waals surface area (Å²) >= 11 is 3.33. The van der Waals surface area contributed by atoms with Gasteiger partial charge in [-0.1, -0.05) is 15.9 Å². The fourth-order valence-electron chi connectivity index (χ4n) is 1.91. The van der Waals surface area contributed by atoms with Crippen molar-refractivity contribution in [1.82, 2.24) is 4.90 Å².